The van der Waals surface area contributed by atoms with Gasteiger partial charge in [0.25, 0.3) is 0 Å². The van der Waals surface area contributed by atoms with Gasteiger partial charge in [-0.2, -0.15) is 0 Å². The van der Waals surface area contributed by atoms with Crippen LogP contribution >= 0.6 is 0 Å². The largest absolute Gasteiger partial charge is 0.353 e. The molecule has 0 aromatic heterocycles. The molecular weight excluding hydrogens is 348 g/mol. The molecule has 0 radical (unpaired) electrons. The molecule has 26 heavy (non-hydrogen) atoms. The molecule has 4 bridgehead atoms. The van der Waals surface area contributed by atoms with E-state index in [1.54, 1.807) is 4.31 Å². The highest BCUT2D eigenvalue weighted by Crippen LogP contribution is 2.53. The first-order valence-electron chi connectivity index (χ1n) is 10.7. The van der Waals surface area contributed by atoms with Crippen molar-refractivity contribution >= 4 is 15.9 Å². The van der Waals surface area contributed by atoms with E-state index in [9.17, 15) is 13.2 Å². The Morgan fingerprint density at radius 2 is 1.58 bits per heavy atom. The molecule has 0 atom stereocenters. The summed E-state index contributed by atoms with van der Waals surface area (Å²) in [5.74, 6) is 3.66. The standard InChI is InChI=1S/C20H34N2O3S/c1-2-3-8-26(24,25)22-6-4-16(5-7-22)20(23)21-19-17-10-14-9-15(12-17)13-18(19)11-14/h14-19H,2-13H2,1H3,(H,21,23). The zero-order chi connectivity index (χ0) is 18.3. The quantitative estimate of drug-likeness (QED) is 0.768. The molecule has 148 valence electrons. The van der Waals surface area contributed by atoms with E-state index in [0.717, 1.165) is 24.7 Å². The molecule has 5 aliphatic rings. The molecule has 1 saturated heterocycles. The summed E-state index contributed by atoms with van der Waals surface area (Å²) in [6.45, 7) is 3.02. The van der Waals surface area contributed by atoms with E-state index in [4.69, 9.17) is 0 Å². The van der Waals surface area contributed by atoms with Crippen LogP contribution in [-0.2, 0) is 14.8 Å². The van der Waals surface area contributed by atoms with Gasteiger partial charge >= 0.3 is 0 Å². The van der Waals surface area contributed by atoms with Crippen LogP contribution in [0.3, 0.4) is 0 Å². The molecule has 1 amide bonds. The van der Waals surface area contributed by atoms with Crippen molar-refractivity contribution in [1.29, 1.82) is 0 Å². The van der Waals surface area contributed by atoms with Crippen LogP contribution in [0.15, 0.2) is 0 Å². The normalized spacial score (nSPS) is 37.8. The van der Waals surface area contributed by atoms with Gasteiger partial charge in [0.2, 0.25) is 15.9 Å². The van der Waals surface area contributed by atoms with Crippen LogP contribution in [0.5, 0.6) is 0 Å². The SMILES string of the molecule is CCCCS(=O)(=O)N1CCC(C(=O)NC2C3CC4CC(C3)CC2C4)CC1. The van der Waals surface area contributed by atoms with Gasteiger partial charge in [-0.15, -0.1) is 0 Å². The molecule has 5 rings (SSSR count). The minimum absolute atomic E-state index is 0.00943. The number of hydrogen-bond donors (Lipinski definition) is 1. The van der Waals surface area contributed by atoms with Gasteiger partial charge in [-0.05, 0) is 75.0 Å². The molecule has 4 aliphatic carbocycles. The van der Waals surface area contributed by atoms with Gasteiger partial charge in [-0.25, -0.2) is 12.7 Å². The number of carbonyl (C=O) groups excluding carboxylic acids is 1. The van der Waals surface area contributed by atoms with Crippen LogP contribution < -0.4 is 5.32 Å². The second-order valence-electron chi connectivity index (χ2n) is 9.31. The van der Waals surface area contributed by atoms with Crippen molar-refractivity contribution in [2.24, 2.45) is 29.6 Å². The molecule has 0 aromatic carbocycles. The number of hydrogen-bond acceptors (Lipinski definition) is 3. The third-order valence-electron chi connectivity index (χ3n) is 7.51. The molecule has 1 aliphatic heterocycles. The molecule has 6 heteroatoms. The Kier molecular flexibility index (Phi) is 5.35. The Balaban J connectivity index is 1.29. The summed E-state index contributed by atoms with van der Waals surface area (Å²) in [4.78, 5) is 12.8. The molecule has 1 heterocycles. The lowest BCUT2D eigenvalue weighted by molar-refractivity contribution is -0.130. The third kappa shape index (κ3) is 3.68. The Morgan fingerprint density at radius 3 is 2.12 bits per heavy atom. The van der Waals surface area contributed by atoms with Crippen molar-refractivity contribution in [3.63, 3.8) is 0 Å². The van der Waals surface area contributed by atoms with Crippen LogP contribution in [0.4, 0.5) is 0 Å². The fraction of sp³-hybridized carbons (Fsp3) is 0.950. The highest BCUT2D eigenvalue weighted by molar-refractivity contribution is 7.89. The van der Waals surface area contributed by atoms with Gasteiger partial charge in [0, 0.05) is 25.0 Å². The zero-order valence-electron chi connectivity index (χ0n) is 16.0. The molecular formula is C20H34N2O3S. The monoisotopic (exact) mass is 382 g/mol. The van der Waals surface area contributed by atoms with Crippen molar-refractivity contribution in [2.75, 3.05) is 18.8 Å². The fourth-order valence-corrected chi connectivity index (χ4v) is 7.97. The van der Waals surface area contributed by atoms with E-state index in [2.05, 4.69) is 5.32 Å². The van der Waals surface area contributed by atoms with Crippen LogP contribution in [-0.4, -0.2) is 43.5 Å². The summed E-state index contributed by atoms with van der Waals surface area (Å²) < 4.78 is 26.3. The number of amides is 1. The molecule has 4 saturated carbocycles. The highest BCUT2D eigenvalue weighted by Gasteiger charge is 2.49. The van der Waals surface area contributed by atoms with Crippen molar-refractivity contribution in [3.8, 4) is 0 Å². The summed E-state index contributed by atoms with van der Waals surface area (Å²) in [6.07, 6.45) is 9.63. The van der Waals surface area contributed by atoms with Crippen molar-refractivity contribution in [1.82, 2.24) is 9.62 Å². The first-order valence-corrected chi connectivity index (χ1v) is 12.4. The van der Waals surface area contributed by atoms with Crippen molar-refractivity contribution < 1.29 is 13.2 Å². The average molecular weight is 383 g/mol. The second kappa shape index (κ2) is 7.42. The summed E-state index contributed by atoms with van der Waals surface area (Å²) in [5, 5.41) is 3.41. The van der Waals surface area contributed by atoms with E-state index in [1.807, 2.05) is 6.92 Å². The van der Waals surface area contributed by atoms with Gasteiger partial charge in [0.15, 0.2) is 0 Å². The van der Waals surface area contributed by atoms with E-state index >= 15 is 0 Å². The molecule has 1 N–H and O–H groups in total. The summed E-state index contributed by atoms with van der Waals surface area (Å²) in [7, 11) is -3.13. The molecule has 0 unspecified atom stereocenters. The minimum atomic E-state index is -3.13. The molecule has 0 spiro atoms. The van der Waals surface area contributed by atoms with E-state index in [-0.39, 0.29) is 17.6 Å². The Hall–Kier alpha value is -0.620. The lowest BCUT2D eigenvalue weighted by Gasteiger charge is -2.54. The number of piperidine rings is 1. The van der Waals surface area contributed by atoms with Crippen LogP contribution in [0, 0.1) is 29.6 Å². The Bertz CT molecular complexity index is 597. The Labute approximate surface area is 158 Å². The summed E-state index contributed by atoms with van der Waals surface area (Å²) >= 11 is 0. The Morgan fingerprint density at radius 1 is 1.00 bits per heavy atom. The zero-order valence-corrected chi connectivity index (χ0v) is 16.8. The minimum Gasteiger partial charge on any atom is -0.353 e. The van der Waals surface area contributed by atoms with Gasteiger partial charge in [0.1, 0.15) is 0 Å². The van der Waals surface area contributed by atoms with E-state index < -0.39 is 10.0 Å². The predicted octanol–water partition coefficient (Wildman–Crippen LogP) is 2.77. The maximum absolute atomic E-state index is 12.8. The summed E-state index contributed by atoms with van der Waals surface area (Å²) in [5.41, 5.74) is 0. The highest BCUT2D eigenvalue weighted by atomic mass is 32.2. The van der Waals surface area contributed by atoms with Gasteiger partial charge in [-0.3, -0.25) is 4.79 Å². The van der Waals surface area contributed by atoms with Crippen LogP contribution in [0.2, 0.25) is 0 Å². The molecule has 5 nitrogen and oxygen atoms in total. The third-order valence-corrected chi connectivity index (χ3v) is 9.47. The first kappa shape index (κ1) is 18.7. The summed E-state index contributed by atoms with van der Waals surface area (Å²) in [6, 6.07) is 0.390. The average Bonchev–Trinajstić information content (AvgIpc) is 2.62. The molecule has 5 fully saturated rings. The topological polar surface area (TPSA) is 66.5 Å². The maximum atomic E-state index is 12.8. The van der Waals surface area contributed by atoms with Crippen LogP contribution in [0.25, 0.3) is 0 Å². The number of rotatable bonds is 6. The van der Waals surface area contributed by atoms with Gasteiger partial charge in [-0.1, -0.05) is 13.3 Å². The van der Waals surface area contributed by atoms with E-state index in [0.29, 0.717) is 43.8 Å². The predicted molar refractivity (Wildman–Crippen MR) is 102 cm³/mol. The van der Waals surface area contributed by atoms with Crippen molar-refractivity contribution in [3.05, 3.63) is 0 Å². The lowest BCUT2D eigenvalue weighted by Crippen LogP contribution is -2.57. The molecule has 0 aromatic rings. The number of nitrogens with one attached hydrogen (secondary N) is 1. The van der Waals surface area contributed by atoms with Crippen molar-refractivity contribution in [2.45, 2.75) is 70.8 Å². The number of unbranched alkanes of at least 4 members (excludes halogenated alkanes) is 1. The number of carbonyl (C=O) groups is 1. The van der Waals surface area contributed by atoms with Gasteiger partial charge in [0.05, 0.1) is 5.75 Å². The first-order chi connectivity index (χ1) is 12.5. The number of sulfonamides is 1. The second-order valence-corrected chi connectivity index (χ2v) is 11.4. The lowest BCUT2D eigenvalue weighted by atomic mass is 9.54. The van der Waals surface area contributed by atoms with E-state index in [1.165, 1.54) is 32.1 Å². The number of nitrogens with zero attached hydrogens (tertiary/aromatic N) is 1. The maximum Gasteiger partial charge on any atom is 0.223 e. The fourth-order valence-electron chi connectivity index (χ4n) is 6.29. The van der Waals surface area contributed by atoms with Crippen LogP contribution in [0.1, 0.15) is 64.7 Å². The van der Waals surface area contributed by atoms with Gasteiger partial charge < -0.3 is 5.32 Å². The smallest absolute Gasteiger partial charge is 0.223 e.